The monoisotopic (exact) mass is 280 g/mol. The Labute approximate surface area is 113 Å². The zero-order valence-electron chi connectivity index (χ0n) is 10.0. The SMILES string of the molecule is CCc1cc(C(=O)O)cc(Sc2nc(C)cs2)n1. The molecule has 0 radical (unpaired) electrons. The molecular weight excluding hydrogens is 268 g/mol. The summed E-state index contributed by atoms with van der Waals surface area (Å²) in [5.41, 5.74) is 2.02. The molecule has 2 aromatic heterocycles. The number of hydrogen-bond donors (Lipinski definition) is 1. The summed E-state index contributed by atoms with van der Waals surface area (Å²) in [5.74, 6) is -0.927. The number of carbonyl (C=O) groups is 1. The summed E-state index contributed by atoms with van der Waals surface area (Å²) in [6.45, 7) is 3.88. The minimum absolute atomic E-state index is 0.276. The molecule has 2 rings (SSSR count). The van der Waals surface area contributed by atoms with Crippen LogP contribution in [0.4, 0.5) is 0 Å². The highest BCUT2D eigenvalue weighted by atomic mass is 32.2. The maximum Gasteiger partial charge on any atom is 0.335 e. The van der Waals surface area contributed by atoms with Gasteiger partial charge in [0.1, 0.15) is 5.03 Å². The molecule has 0 aliphatic carbocycles. The van der Waals surface area contributed by atoms with Crippen molar-refractivity contribution in [1.29, 1.82) is 0 Å². The fourth-order valence-electron chi connectivity index (χ4n) is 1.39. The number of thiazole rings is 1. The second-order valence-electron chi connectivity index (χ2n) is 3.70. The van der Waals surface area contributed by atoms with Crippen molar-refractivity contribution in [3.63, 3.8) is 0 Å². The summed E-state index contributed by atoms with van der Waals surface area (Å²) in [7, 11) is 0. The van der Waals surface area contributed by atoms with Gasteiger partial charge in [-0.15, -0.1) is 11.3 Å². The second kappa shape index (κ2) is 5.49. The molecule has 18 heavy (non-hydrogen) atoms. The maximum atomic E-state index is 11.0. The third-order valence-corrected chi connectivity index (χ3v) is 4.23. The van der Waals surface area contributed by atoms with Gasteiger partial charge < -0.3 is 5.11 Å². The van der Waals surface area contributed by atoms with Crippen LogP contribution < -0.4 is 0 Å². The van der Waals surface area contributed by atoms with E-state index >= 15 is 0 Å². The topological polar surface area (TPSA) is 63.1 Å². The summed E-state index contributed by atoms with van der Waals surface area (Å²) >= 11 is 2.94. The first-order chi connectivity index (χ1) is 8.58. The molecule has 0 bridgehead atoms. The molecule has 0 unspecified atom stereocenters. The van der Waals surface area contributed by atoms with Gasteiger partial charge >= 0.3 is 5.97 Å². The maximum absolute atomic E-state index is 11.0. The van der Waals surface area contributed by atoms with Crippen molar-refractivity contribution < 1.29 is 9.90 Å². The Kier molecular flexibility index (Phi) is 3.98. The van der Waals surface area contributed by atoms with Crippen LogP contribution in [0.25, 0.3) is 0 Å². The summed E-state index contributed by atoms with van der Waals surface area (Å²) in [6.07, 6.45) is 0.714. The molecule has 0 aliphatic rings. The molecule has 4 nitrogen and oxygen atoms in total. The molecule has 2 heterocycles. The Hall–Kier alpha value is -1.40. The van der Waals surface area contributed by atoms with Gasteiger partial charge in [-0.1, -0.05) is 6.92 Å². The van der Waals surface area contributed by atoms with Gasteiger partial charge in [0, 0.05) is 16.8 Å². The minimum atomic E-state index is -0.927. The number of aryl methyl sites for hydroxylation is 2. The van der Waals surface area contributed by atoms with Crippen molar-refractivity contribution in [1.82, 2.24) is 9.97 Å². The van der Waals surface area contributed by atoms with Gasteiger partial charge in [0.05, 0.1) is 5.56 Å². The Morgan fingerprint density at radius 3 is 2.78 bits per heavy atom. The number of aromatic carboxylic acids is 1. The molecule has 94 valence electrons. The van der Waals surface area contributed by atoms with E-state index in [1.165, 1.54) is 23.1 Å². The molecule has 2 aromatic rings. The highest BCUT2D eigenvalue weighted by Gasteiger charge is 2.10. The van der Waals surface area contributed by atoms with Gasteiger partial charge in [-0.2, -0.15) is 0 Å². The molecule has 0 aliphatic heterocycles. The van der Waals surface area contributed by atoms with Crippen molar-refractivity contribution in [2.75, 3.05) is 0 Å². The first kappa shape index (κ1) is 13.0. The second-order valence-corrected chi connectivity index (χ2v) is 5.83. The van der Waals surface area contributed by atoms with Crippen LogP contribution in [0.3, 0.4) is 0 Å². The van der Waals surface area contributed by atoms with Crippen LogP contribution in [0.1, 0.15) is 28.7 Å². The quantitative estimate of drug-likeness (QED) is 0.931. The molecule has 0 spiro atoms. The van der Waals surface area contributed by atoms with Crippen molar-refractivity contribution in [3.8, 4) is 0 Å². The van der Waals surface area contributed by atoms with Crippen LogP contribution >= 0.6 is 23.1 Å². The van der Waals surface area contributed by atoms with Gasteiger partial charge in [0.15, 0.2) is 4.34 Å². The predicted octanol–water partition coefficient (Wildman–Crippen LogP) is 3.26. The van der Waals surface area contributed by atoms with E-state index in [1.807, 2.05) is 19.2 Å². The van der Waals surface area contributed by atoms with E-state index in [0.717, 1.165) is 15.7 Å². The number of hydrogen-bond acceptors (Lipinski definition) is 5. The summed E-state index contributed by atoms with van der Waals surface area (Å²) in [4.78, 5) is 19.8. The fraction of sp³-hybridized carbons (Fsp3) is 0.250. The van der Waals surface area contributed by atoms with Crippen LogP contribution in [0.2, 0.25) is 0 Å². The van der Waals surface area contributed by atoms with Crippen molar-refractivity contribution in [3.05, 3.63) is 34.5 Å². The van der Waals surface area contributed by atoms with Gasteiger partial charge in [-0.3, -0.25) is 0 Å². The largest absolute Gasteiger partial charge is 0.478 e. The van der Waals surface area contributed by atoms with Crippen molar-refractivity contribution in [2.45, 2.75) is 29.6 Å². The normalized spacial score (nSPS) is 10.6. The Bertz CT molecular complexity index is 581. The van der Waals surface area contributed by atoms with Crippen LogP contribution in [0.15, 0.2) is 26.9 Å². The number of pyridine rings is 1. The number of carboxylic acid groups (broad SMARTS) is 1. The van der Waals surface area contributed by atoms with E-state index in [0.29, 0.717) is 11.4 Å². The third-order valence-electron chi connectivity index (χ3n) is 2.25. The number of nitrogens with zero attached hydrogens (tertiary/aromatic N) is 2. The molecular formula is C12H12N2O2S2. The molecule has 0 fully saturated rings. The number of carboxylic acids is 1. The lowest BCUT2D eigenvalue weighted by molar-refractivity contribution is 0.0696. The minimum Gasteiger partial charge on any atom is -0.478 e. The average molecular weight is 280 g/mol. The molecule has 0 aromatic carbocycles. The van der Waals surface area contributed by atoms with E-state index in [-0.39, 0.29) is 5.56 Å². The number of rotatable bonds is 4. The van der Waals surface area contributed by atoms with Crippen LogP contribution in [-0.4, -0.2) is 21.0 Å². The van der Waals surface area contributed by atoms with Gasteiger partial charge in [0.2, 0.25) is 0 Å². The van der Waals surface area contributed by atoms with Crippen LogP contribution in [0, 0.1) is 6.92 Å². The summed E-state index contributed by atoms with van der Waals surface area (Å²) in [5, 5.41) is 11.7. The lowest BCUT2D eigenvalue weighted by Crippen LogP contribution is -2.00. The molecule has 0 amide bonds. The molecule has 0 saturated heterocycles. The van der Waals surface area contributed by atoms with E-state index in [1.54, 1.807) is 12.1 Å². The van der Waals surface area contributed by atoms with Crippen LogP contribution in [-0.2, 0) is 6.42 Å². The third kappa shape index (κ3) is 3.08. The Morgan fingerprint density at radius 1 is 1.44 bits per heavy atom. The summed E-state index contributed by atoms with van der Waals surface area (Å²) < 4.78 is 0.879. The molecule has 0 saturated carbocycles. The molecule has 6 heteroatoms. The standard InChI is InChI=1S/C12H12N2O2S2/c1-3-9-4-8(11(15)16)5-10(14-9)18-12-13-7(2)6-17-12/h4-6H,3H2,1-2H3,(H,15,16). The molecule has 1 N–H and O–H groups in total. The average Bonchev–Trinajstić information content (AvgIpc) is 2.74. The first-order valence-corrected chi connectivity index (χ1v) is 7.12. The van der Waals surface area contributed by atoms with Gasteiger partial charge in [-0.05, 0) is 37.2 Å². The summed E-state index contributed by atoms with van der Waals surface area (Å²) in [6, 6.07) is 3.20. The fourth-order valence-corrected chi connectivity index (χ4v) is 3.22. The van der Waals surface area contributed by atoms with Crippen molar-refractivity contribution in [2.24, 2.45) is 0 Å². The van der Waals surface area contributed by atoms with Crippen LogP contribution in [0.5, 0.6) is 0 Å². The zero-order chi connectivity index (χ0) is 13.1. The Morgan fingerprint density at radius 2 is 2.22 bits per heavy atom. The predicted molar refractivity (Wildman–Crippen MR) is 71.5 cm³/mol. The van der Waals surface area contributed by atoms with Gasteiger partial charge in [0.25, 0.3) is 0 Å². The highest BCUT2D eigenvalue weighted by Crippen LogP contribution is 2.29. The van der Waals surface area contributed by atoms with E-state index in [2.05, 4.69) is 9.97 Å². The molecule has 0 atom stereocenters. The van der Waals surface area contributed by atoms with E-state index in [4.69, 9.17) is 5.11 Å². The lowest BCUT2D eigenvalue weighted by Gasteiger charge is -2.03. The first-order valence-electron chi connectivity index (χ1n) is 5.42. The smallest absolute Gasteiger partial charge is 0.335 e. The van der Waals surface area contributed by atoms with E-state index < -0.39 is 5.97 Å². The van der Waals surface area contributed by atoms with Crippen molar-refractivity contribution >= 4 is 29.1 Å². The lowest BCUT2D eigenvalue weighted by atomic mass is 10.2. The zero-order valence-corrected chi connectivity index (χ0v) is 11.6. The van der Waals surface area contributed by atoms with Gasteiger partial charge in [-0.25, -0.2) is 14.8 Å². The highest BCUT2D eigenvalue weighted by molar-refractivity contribution is 8.01. The Balaban J connectivity index is 2.32. The number of aromatic nitrogens is 2. The van der Waals surface area contributed by atoms with E-state index in [9.17, 15) is 4.79 Å².